The van der Waals surface area contributed by atoms with Gasteiger partial charge < -0.3 is 10.6 Å². The molecule has 23 heavy (non-hydrogen) atoms. The normalized spacial score (nSPS) is 22.6. The molecule has 0 unspecified atom stereocenters. The summed E-state index contributed by atoms with van der Waals surface area (Å²) >= 11 is 0. The molecule has 2 aliphatic rings. The molecule has 0 saturated carbocycles. The second-order valence-electron chi connectivity index (χ2n) is 6.59. The summed E-state index contributed by atoms with van der Waals surface area (Å²) < 4.78 is 0. The number of rotatable bonds is 3. The molecule has 1 aromatic rings. The van der Waals surface area contributed by atoms with Gasteiger partial charge in [0.15, 0.2) is 0 Å². The van der Waals surface area contributed by atoms with Crippen LogP contribution < -0.4 is 10.6 Å². The number of benzene rings is 1. The first-order chi connectivity index (χ1) is 10.1. The van der Waals surface area contributed by atoms with Crippen LogP contribution in [0.5, 0.6) is 0 Å². The molecule has 0 radical (unpaired) electrons. The van der Waals surface area contributed by atoms with Crippen LogP contribution in [0.25, 0.3) is 0 Å². The fraction of sp³-hybridized carbons (Fsp3) is 0.588. The van der Waals surface area contributed by atoms with Gasteiger partial charge in [0.1, 0.15) is 0 Å². The summed E-state index contributed by atoms with van der Waals surface area (Å²) in [5.74, 6) is 1.01. The number of anilines is 1. The van der Waals surface area contributed by atoms with Crippen LogP contribution in [-0.2, 0) is 11.3 Å². The van der Waals surface area contributed by atoms with Gasteiger partial charge in [-0.3, -0.25) is 9.69 Å². The van der Waals surface area contributed by atoms with Crippen LogP contribution in [0.4, 0.5) is 5.69 Å². The molecule has 1 aromatic carbocycles. The van der Waals surface area contributed by atoms with Crippen LogP contribution in [0, 0.1) is 5.92 Å². The summed E-state index contributed by atoms with van der Waals surface area (Å²) in [5, 5.41) is 0. The Morgan fingerprint density at radius 3 is 2.26 bits per heavy atom. The maximum atomic E-state index is 11.9. The van der Waals surface area contributed by atoms with E-state index in [2.05, 4.69) is 36.1 Å². The molecule has 1 atom stereocenters. The van der Waals surface area contributed by atoms with E-state index in [4.69, 9.17) is 5.73 Å². The summed E-state index contributed by atoms with van der Waals surface area (Å²) in [7, 11) is 0. The highest BCUT2D eigenvalue weighted by atomic mass is 35.5. The highest BCUT2D eigenvalue weighted by Crippen LogP contribution is 2.23. The number of likely N-dealkylation sites (tertiary alicyclic amines) is 1. The van der Waals surface area contributed by atoms with Crippen molar-refractivity contribution < 1.29 is 4.79 Å². The van der Waals surface area contributed by atoms with Gasteiger partial charge in [0.2, 0.25) is 5.91 Å². The second kappa shape index (κ2) is 8.88. The molecule has 4 nitrogen and oxygen atoms in total. The molecule has 0 spiro atoms. The fourth-order valence-electron chi connectivity index (χ4n) is 3.24. The number of hydrogen-bond acceptors (Lipinski definition) is 3. The van der Waals surface area contributed by atoms with Gasteiger partial charge in [-0.05, 0) is 49.5 Å². The van der Waals surface area contributed by atoms with Crippen molar-refractivity contribution in [3.8, 4) is 0 Å². The third-order valence-electron chi connectivity index (χ3n) is 4.69. The Hall–Kier alpha value is -0.810. The van der Waals surface area contributed by atoms with E-state index in [9.17, 15) is 4.79 Å². The summed E-state index contributed by atoms with van der Waals surface area (Å²) in [5.41, 5.74) is 8.15. The van der Waals surface area contributed by atoms with Crippen molar-refractivity contribution in [2.75, 3.05) is 24.5 Å². The minimum Gasteiger partial charge on any atom is -0.326 e. The Bertz CT molecular complexity index is 501. The first-order valence-electron chi connectivity index (χ1n) is 7.99. The Labute approximate surface area is 151 Å². The summed E-state index contributed by atoms with van der Waals surface area (Å²) in [6, 6.07) is 8.37. The van der Waals surface area contributed by atoms with E-state index in [1.54, 1.807) is 4.90 Å². The average molecular weight is 360 g/mol. The van der Waals surface area contributed by atoms with E-state index in [0.29, 0.717) is 13.0 Å². The van der Waals surface area contributed by atoms with Gasteiger partial charge in [0.05, 0.1) is 0 Å². The van der Waals surface area contributed by atoms with E-state index in [-0.39, 0.29) is 36.8 Å². The van der Waals surface area contributed by atoms with E-state index in [1.807, 2.05) is 0 Å². The highest BCUT2D eigenvalue weighted by molar-refractivity contribution is 5.96. The molecule has 0 bridgehead atoms. The van der Waals surface area contributed by atoms with Crippen molar-refractivity contribution in [1.29, 1.82) is 0 Å². The lowest BCUT2D eigenvalue weighted by Crippen LogP contribution is -2.32. The molecular formula is C17H27Cl2N3O. The van der Waals surface area contributed by atoms with Crippen LogP contribution in [0.2, 0.25) is 0 Å². The zero-order valence-corrected chi connectivity index (χ0v) is 15.2. The van der Waals surface area contributed by atoms with Crippen LogP contribution >= 0.6 is 24.8 Å². The number of hydrogen-bond donors (Lipinski definition) is 1. The van der Waals surface area contributed by atoms with E-state index < -0.39 is 0 Å². The van der Waals surface area contributed by atoms with Gasteiger partial charge in [0, 0.05) is 31.2 Å². The van der Waals surface area contributed by atoms with E-state index >= 15 is 0 Å². The third kappa shape index (κ3) is 5.08. The standard InChI is InChI=1S/C17H25N3O.2ClH/c1-13-6-8-19(9-7-13)11-14-2-4-16(5-3-14)20-12-15(18)10-17(20)21;;/h2-5,13,15H,6-12,18H2,1H3;2*1H/t15-;;/m0../s1. The van der Waals surface area contributed by atoms with Crippen molar-refractivity contribution in [3.63, 3.8) is 0 Å². The summed E-state index contributed by atoms with van der Waals surface area (Å²) in [6.07, 6.45) is 3.07. The lowest BCUT2D eigenvalue weighted by atomic mass is 9.99. The number of carbonyl (C=O) groups excluding carboxylic acids is 1. The van der Waals surface area contributed by atoms with E-state index in [0.717, 1.165) is 18.2 Å². The predicted octanol–water partition coefficient (Wildman–Crippen LogP) is 2.83. The quantitative estimate of drug-likeness (QED) is 0.902. The molecule has 130 valence electrons. The van der Waals surface area contributed by atoms with Crippen molar-refractivity contribution in [2.45, 2.75) is 38.8 Å². The smallest absolute Gasteiger partial charge is 0.228 e. The Balaban J connectivity index is 0.00000132. The van der Waals surface area contributed by atoms with Gasteiger partial charge in [-0.15, -0.1) is 24.8 Å². The van der Waals surface area contributed by atoms with Crippen LogP contribution in [0.3, 0.4) is 0 Å². The lowest BCUT2D eigenvalue weighted by Gasteiger charge is -2.30. The number of carbonyl (C=O) groups is 1. The Kier molecular flexibility index (Phi) is 7.81. The largest absolute Gasteiger partial charge is 0.326 e. The molecule has 0 aliphatic carbocycles. The minimum absolute atomic E-state index is 0. The van der Waals surface area contributed by atoms with Crippen molar-refractivity contribution in [1.82, 2.24) is 4.90 Å². The SMILES string of the molecule is CC1CCN(Cc2ccc(N3C[C@@H](N)CC3=O)cc2)CC1.Cl.Cl. The maximum absolute atomic E-state index is 11.9. The lowest BCUT2D eigenvalue weighted by molar-refractivity contribution is -0.117. The third-order valence-corrected chi connectivity index (χ3v) is 4.69. The molecule has 2 N–H and O–H groups in total. The fourth-order valence-corrected chi connectivity index (χ4v) is 3.24. The Morgan fingerprint density at radius 2 is 1.74 bits per heavy atom. The first-order valence-corrected chi connectivity index (χ1v) is 7.99. The van der Waals surface area contributed by atoms with Gasteiger partial charge in [0.25, 0.3) is 0 Å². The molecule has 3 rings (SSSR count). The van der Waals surface area contributed by atoms with Gasteiger partial charge in [-0.2, -0.15) is 0 Å². The first kappa shape index (κ1) is 20.2. The number of piperidine rings is 1. The summed E-state index contributed by atoms with van der Waals surface area (Å²) in [4.78, 5) is 16.2. The molecule has 2 aliphatic heterocycles. The molecular weight excluding hydrogens is 333 g/mol. The Morgan fingerprint density at radius 1 is 1.13 bits per heavy atom. The van der Waals surface area contributed by atoms with Crippen molar-refractivity contribution in [2.24, 2.45) is 11.7 Å². The minimum atomic E-state index is -0.0208. The zero-order valence-electron chi connectivity index (χ0n) is 13.6. The molecule has 0 aromatic heterocycles. The highest BCUT2D eigenvalue weighted by Gasteiger charge is 2.27. The van der Waals surface area contributed by atoms with Gasteiger partial charge >= 0.3 is 0 Å². The zero-order chi connectivity index (χ0) is 14.8. The second-order valence-corrected chi connectivity index (χ2v) is 6.59. The molecule has 2 saturated heterocycles. The maximum Gasteiger partial charge on any atom is 0.228 e. The number of halogens is 2. The molecule has 1 amide bonds. The van der Waals surface area contributed by atoms with Crippen molar-refractivity contribution >= 4 is 36.4 Å². The molecule has 2 fully saturated rings. The molecule has 2 heterocycles. The average Bonchev–Trinajstić information content (AvgIpc) is 2.81. The molecule has 6 heteroatoms. The number of nitrogens with zero attached hydrogens (tertiary/aromatic N) is 2. The van der Waals surface area contributed by atoms with Gasteiger partial charge in [-0.25, -0.2) is 0 Å². The van der Waals surface area contributed by atoms with E-state index in [1.165, 1.54) is 31.5 Å². The van der Waals surface area contributed by atoms with Crippen LogP contribution in [0.15, 0.2) is 24.3 Å². The number of amides is 1. The predicted molar refractivity (Wildman–Crippen MR) is 99.6 cm³/mol. The van der Waals surface area contributed by atoms with Crippen molar-refractivity contribution in [3.05, 3.63) is 29.8 Å². The monoisotopic (exact) mass is 359 g/mol. The number of nitrogens with two attached hydrogens (primary N) is 1. The van der Waals surface area contributed by atoms with Gasteiger partial charge in [-0.1, -0.05) is 19.1 Å². The van der Waals surface area contributed by atoms with Crippen LogP contribution in [0.1, 0.15) is 31.7 Å². The summed E-state index contributed by atoms with van der Waals surface area (Å²) in [6.45, 7) is 6.39. The topological polar surface area (TPSA) is 49.6 Å². The van der Waals surface area contributed by atoms with Crippen LogP contribution in [-0.4, -0.2) is 36.5 Å².